The number of H-pyrrole nitrogens is 1. The zero-order valence-corrected chi connectivity index (χ0v) is 19.9. The Kier molecular flexibility index (Phi) is 7.59. The predicted octanol–water partition coefficient (Wildman–Crippen LogP) is -1.89. The number of nitrogens with zero attached hydrogens (tertiary/aromatic N) is 3. The first-order valence-electron chi connectivity index (χ1n) is 10.9. The molecule has 0 bridgehead atoms. The summed E-state index contributed by atoms with van der Waals surface area (Å²) in [5.74, 6) is 0.0212. The molecule has 2 aliphatic rings. The maximum atomic E-state index is 12.6. The Labute approximate surface area is 202 Å². The summed E-state index contributed by atoms with van der Waals surface area (Å²) in [5.41, 5.74) is 3.69. The van der Waals surface area contributed by atoms with E-state index in [1.807, 2.05) is 0 Å². The average Bonchev–Trinajstić information content (AvgIpc) is 3.37. The number of phosphoric acid groups is 1. The number of aliphatic hydroxyl groups is 2. The van der Waals surface area contributed by atoms with E-state index in [9.17, 15) is 34.1 Å². The van der Waals surface area contributed by atoms with Crippen molar-refractivity contribution in [1.29, 1.82) is 0 Å². The van der Waals surface area contributed by atoms with Gasteiger partial charge in [0.2, 0.25) is 0 Å². The summed E-state index contributed by atoms with van der Waals surface area (Å²) in [4.78, 5) is 51.7. The number of ether oxygens (including phenoxy) is 2. The number of nitrogens with two attached hydrogens (primary N) is 1. The maximum Gasteiger partial charge on any atom is 0.472 e. The van der Waals surface area contributed by atoms with E-state index in [1.165, 1.54) is 25.4 Å². The van der Waals surface area contributed by atoms with E-state index < -0.39 is 74.8 Å². The molecule has 36 heavy (non-hydrogen) atoms. The van der Waals surface area contributed by atoms with Crippen molar-refractivity contribution in [2.45, 2.75) is 56.6 Å². The molecule has 0 aromatic carbocycles. The molecule has 6 unspecified atom stereocenters. The van der Waals surface area contributed by atoms with Gasteiger partial charge in [0.15, 0.2) is 0 Å². The van der Waals surface area contributed by atoms with Gasteiger partial charge in [-0.15, -0.1) is 0 Å². The van der Waals surface area contributed by atoms with Gasteiger partial charge in [-0.05, 0) is 13.0 Å². The minimum Gasteiger partial charge on any atom is -0.394 e. The molecule has 2 aromatic rings. The highest BCUT2D eigenvalue weighted by molar-refractivity contribution is 7.47. The second-order valence-corrected chi connectivity index (χ2v) is 9.81. The molecule has 6 N–H and O–H groups in total. The van der Waals surface area contributed by atoms with E-state index in [4.69, 9.17) is 24.3 Å². The highest BCUT2D eigenvalue weighted by Gasteiger charge is 2.43. The van der Waals surface area contributed by atoms with Crippen LogP contribution in [0.15, 0.2) is 32.8 Å². The van der Waals surface area contributed by atoms with Crippen LogP contribution in [0.2, 0.25) is 0 Å². The number of hydrogen-bond acceptors (Lipinski definition) is 12. The smallest absolute Gasteiger partial charge is 0.394 e. The van der Waals surface area contributed by atoms with Crippen LogP contribution in [0.4, 0.5) is 5.82 Å². The molecule has 2 aliphatic heterocycles. The minimum atomic E-state index is -4.75. The lowest BCUT2D eigenvalue weighted by molar-refractivity contribution is -0.0575. The number of aromatic amines is 1. The van der Waals surface area contributed by atoms with Gasteiger partial charge in [-0.25, -0.2) is 14.2 Å². The molecule has 2 aromatic heterocycles. The number of anilines is 1. The van der Waals surface area contributed by atoms with Crippen molar-refractivity contribution in [2.75, 3.05) is 18.9 Å². The Morgan fingerprint density at radius 1 is 1.22 bits per heavy atom. The fourth-order valence-electron chi connectivity index (χ4n) is 4.00. The van der Waals surface area contributed by atoms with Crippen molar-refractivity contribution in [3.63, 3.8) is 0 Å². The highest BCUT2D eigenvalue weighted by Crippen LogP contribution is 2.48. The number of phosphoric ester groups is 1. The summed E-state index contributed by atoms with van der Waals surface area (Å²) in [6, 6.07) is 1.38. The number of hydrogen-bond donors (Lipinski definition) is 5. The van der Waals surface area contributed by atoms with Crippen LogP contribution in [-0.2, 0) is 23.1 Å². The van der Waals surface area contributed by atoms with Crippen molar-refractivity contribution in [3.8, 4) is 0 Å². The third kappa shape index (κ3) is 5.66. The summed E-state index contributed by atoms with van der Waals surface area (Å²) in [6.07, 6.45) is -3.76. The lowest BCUT2D eigenvalue weighted by Gasteiger charge is -2.21. The number of aromatic nitrogens is 4. The zero-order valence-electron chi connectivity index (χ0n) is 19.0. The van der Waals surface area contributed by atoms with Crippen LogP contribution in [0, 0.1) is 6.92 Å². The van der Waals surface area contributed by atoms with Crippen LogP contribution in [0.1, 0.15) is 30.9 Å². The molecular formula is C19H26N5O11P. The molecular weight excluding hydrogens is 505 g/mol. The second-order valence-electron chi connectivity index (χ2n) is 8.41. The van der Waals surface area contributed by atoms with Crippen molar-refractivity contribution < 1.29 is 38.2 Å². The van der Waals surface area contributed by atoms with Gasteiger partial charge in [-0.1, -0.05) is 0 Å². The van der Waals surface area contributed by atoms with E-state index in [2.05, 4.69) is 9.97 Å². The maximum absolute atomic E-state index is 12.6. The van der Waals surface area contributed by atoms with Gasteiger partial charge in [0.1, 0.15) is 36.6 Å². The first kappa shape index (κ1) is 26.4. The van der Waals surface area contributed by atoms with Gasteiger partial charge in [0, 0.05) is 30.8 Å². The summed E-state index contributed by atoms with van der Waals surface area (Å²) in [5, 5.41) is 19.9. The van der Waals surface area contributed by atoms with E-state index >= 15 is 0 Å². The quantitative estimate of drug-likeness (QED) is 0.235. The Bertz CT molecular complexity index is 1330. The topological polar surface area (TPSA) is 230 Å². The number of rotatable bonds is 8. The van der Waals surface area contributed by atoms with E-state index in [0.29, 0.717) is 0 Å². The van der Waals surface area contributed by atoms with Gasteiger partial charge >= 0.3 is 19.2 Å². The van der Waals surface area contributed by atoms with Crippen LogP contribution in [0.25, 0.3) is 0 Å². The van der Waals surface area contributed by atoms with Crippen LogP contribution in [-0.4, -0.2) is 71.8 Å². The second kappa shape index (κ2) is 10.4. The SMILES string of the molecule is Cc1cn(C2CC(OP(=O)(O)OCC3OC(n4ccc(N)nc4=O)CC3O)[C@H](CO)O2)c(=O)[nH]c1=O. The Balaban J connectivity index is 1.38. The molecule has 7 atom stereocenters. The van der Waals surface area contributed by atoms with Crippen LogP contribution < -0.4 is 22.7 Å². The lowest BCUT2D eigenvalue weighted by atomic mass is 10.2. The van der Waals surface area contributed by atoms with Gasteiger partial charge < -0.3 is 30.3 Å². The molecule has 17 heteroatoms. The zero-order chi connectivity index (χ0) is 26.2. The summed E-state index contributed by atoms with van der Waals surface area (Å²) in [6.45, 7) is 0.345. The monoisotopic (exact) mass is 531 g/mol. The third-order valence-corrected chi connectivity index (χ3v) is 6.87. The first-order chi connectivity index (χ1) is 17.0. The fraction of sp³-hybridized carbons (Fsp3) is 0.579. The number of aliphatic hydroxyl groups excluding tert-OH is 2. The molecule has 4 rings (SSSR count). The molecule has 0 aliphatic carbocycles. The molecule has 16 nitrogen and oxygen atoms in total. The number of aryl methyl sites for hydroxylation is 1. The van der Waals surface area contributed by atoms with Crippen molar-refractivity contribution in [1.82, 2.24) is 19.1 Å². The Morgan fingerprint density at radius 2 is 1.92 bits per heavy atom. The fourth-order valence-corrected chi connectivity index (χ4v) is 4.96. The average molecular weight is 531 g/mol. The Morgan fingerprint density at radius 3 is 2.61 bits per heavy atom. The predicted molar refractivity (Wildman–Crippen MR) is 120 cm³/mol. The number of nitrogen functional groups attached to an aromatic ring is 1. The standard InChI is InChI=1S/C19H26N5O11P/c1-9-6-24(19(29)22-17(9)27)16-5-11(12(7-25)33-16)35-36(30,31)32-8-13-10(26)4-15(34-13)23-3-2-14(20)21-18(23)28/h2-3,6,10-13,15-16,25-26H,4-5,7-8H2,1H3,(H,30,31)(H2,20,21,28)(H,22,27,29)/t10?,11?,12-,13?,15?,16?/m0/s1. The third-order valence-electron chi connectivity index (χ3n) is 5.85. The largest absolute Gasteiger partial charge is 0.472 e. The van der Waals surface area contributed by atoms with Gasteiger partial charge in [0.25, 0.3) is 5.56 Å². The van der Waals surface area contributed by atoms with Crippen molar-refractivity contribution >= 4 is 13.6 Å². The lowest BCUT2D eigenvalue weighted by Crippen LogP contribution is -2.33. The minimum absolute atomic E-state index is 0.00577. The van der Waals surface area contributed by atoms with Crippen molar-refractivity contribution in [2.24, 2.45) is 0 Å². The molecule has 2 saturated heterocycles. The van der Waals surface area contributed by atoms with Gasteiger partial charge in [-0.3, -0.25) is 28.0 Å². The van der Waals surface area contributed by atoms with E-state index in [1.54, 1.807) is 0 Å². The molecule has 0 amide bonds. The summed E-state index contributed by atoms with van der Waals surface area (Å²) in [7, 11) is -4.75. The van der Waals surface area contributed by atoms with Crippen molar-refractivity contribution in [3.05, 3.63) is 55.3 Å². The van der Waals surface area contributed by atoms with Crippen LogP contribution in [0.5, 0.6) is 0 Å². The van der Waals surface area contributed by atoms with Crippen LogP contribution >= 0.6 is 7.82 Å². The first-order valence-corrected chi connectivity index (χ1v) is 12.4. The van der Waals surface area contributed by atoms with Crippen LogP contribution in [0.3, 0.4) is 0 Å². The molecule has 198 valence electrons. The molecule has 2 fully saturated rings. The molecule has 0 radical (unpaired) electrons. The Hall–Kier alpha value is -2.69. The highest BCUT2D eigenvalue weighted by atomic mass is 31.2. The van der Waals surface area contributed by atoms with E-state index in [0.717, 1.165) is 9.13 Å². The normalized spacial score (nSPS) is 29.9. The molecule has 4 heterocycles. The van der Waals surface area contributed by atoms with Gasteiger partial charge in [-0.2, -0.15) is 4.98 Å². The van der Waals surface area contributed by atoms with Gasteiger partial charge in [0.05, 0.1) is 19.3 Å². The molecule has 0 saturated carbocycles. The molecule has 0 spiro atoms. The summed E-state index contributed by atoms with van der Waals surface area (Å²) >= 11 is 0. The number of nitrogens with one attached hydrogen (secondary N) is 1. The van der Waals surface area contributed by atoms with E-state index in [-0.39, 0.29) is 24.2 Å². The summed E-state index contributed by atoms with van der Waals surface area (Å²) < 4.78 is 36.1.